The largest absolute Gasteiger partial charge is 0.505 e. The molecule has 1 heterocycles. The maximum atomic E-state index is 12.5. The Morgan fingerprint density at radius 3 is 2.75 bits per heavy atom. The molecular formula is C9H8BrF2NO3. The molecule has 0 aliphatic carbocycles. The lowest BCUT2D eigenvalue weighted by molar-refractivity contribution is 0.0596. The minimum atomic E-state index is -2.82. The number of aromatic nitrogens is 1. The molecule has 1 N–H and O–H groups in total. The van der Waals surface area contributed by atoms with Gasteiger partial charge in [0.05, 0.1) is 12.8 Å². The lowest BCUT2D eigenvalue weighted by atomic mass is 10.1. The number of alkyl halides is 3. The minimum absolute atomic E-state index is 0.0294. The number of halogens is 3. The number of carbonyl (C=O) groups excluding carboxylic acids is 1. The van der Waals surface area contributed by atoms with Gasteiger partial charge in [-0.1, -0.05) is 15.9 Å². The highest BCUT2D eigenvalue weighted by atomic mass is 79.9. The van der Waals surface area contributed by atoms with Crippen molar-refractivity contribution in [3.8, 4) is 5.75 Å². The van der Waals surface area contributed by atoms with E-state index in [0.29, 0.717) is 0 Å². The topological polar surface area (TPSA) is 59.4 Å². The van der Waals surface area contributed by atoms with Crippen molar-refractivity contribution in [2.75, 3.05) is 7.11 Å². The van der Waals surface area contributed by atoms with Gasteiger partial charge in [-0.25, -0.2) is 18.6 Å². The van der Waals surface area contributed by atoms with Crippen LogP contribution >= 0.6 is 15.9 Å². The van der Waals surface area contributed by atoms with Gasteiger partial charge in [-0.3, -0.25) is 0 Å². The van der Waals surface area contributed by atoms with E-state index in [1.54, 1.807) is 0 Å². The van der Waals surface area contributed by atoms with E-state index < -0.39 is 23.8 Å². The second kappa shape index (κ2) is 5.20. The number of esters is 1. The molecule has 0 bridgehead atoms. The Balaban J connectivity index is 3.35. The first-order valence-electron chi connectivity index (χ1n) is 4.16. The number of nitrogens with zero attached hydrogens (tertiary/aromatic N) is 1. The third kappa shape index (κ3) is 2.46. The predicted molar refractivity (Wildman–Crippen MR) is 54.8 cm³/mol. The Kier molecular flexibility index (Phi) is 4.17. The van der Waals surface area contributed by atoms with E-state index in [9.17, 15) is 18.7 Å². The molecule has 0 aliphatic rings. The number of carbonyl (C=O) groups is 1. The van der Waals surface area contributed by atoms with Crippen molar-refractivity contribution < 1.29 is 23.4 Å². The van der Waals surface area contributed by atoms with Crippen LogP contribution in [0.4, 0.5) is 8.78 Å². The Hall–Kier alpha value is -1.24. The Bertz CT molecular complexity index is 412. The standard InChI is InChI=1S/C9H8BrF2NO3/c1-16-9(15)4-2-5(8(11)12)13-6(3-10)7(4)14/h2,8,14H,3H2,1H3. The van der Waals surface area contributed by atoms with Crippen molar-refractivity contribution in [1.29, 1.82) is 0 Å². The normalized spacial score (nSPS) is 10.6. The van der Waals surface area contributed by atoms with Gasteiger partial charge in [0.2, 0.25) is 0 Å². The van der Waals surface area contributed by atoms with E-state index in [0.717, 1.165) is 13.2 Å². The molecule has 0 saturated heterocycles. The molecule has 1 aromatic rings. The van der Waals surface area contributed by atoms with Gasteiger partial charge in [0.15, 0.2) is 5.75 Å². The fourth-order valence-electron chi connectivity index (χ4n) is 1.08. The van der Waals surface area contributed by atoms with Gasteiger partial charge in [-0.15, -0.1) is 0 Å². The average Bonchev–Trinajstić information content (AvgIpc) is 2.28. The van der Waals surface area contributed by atoms with E-state index in [2.05, 4.69) is 25.7 Å². The first-order valence-corrected chi connectivity index (χ1v) is 5.28. The zero-order chi connectivity index (χ0) is 12.3. The van der Waals surface area contributed by atoms with Gasteiger partial charge in [-0.2, -0.15) is 0 Å². The fraction of sp³-hybridized carbons (Fsp3) is 0.333. The molecule has 0 saturated carbocycles. The molecule has 0 unspecified atom stereocenters. The number of methoxy groups -OCH3 is 1. The first-order chi connectivity index (χ1) is 7.51. The third-order valence-electron chi connectivity index (χ3n) is 1.84. The van der Waals surface area contributed by atoms with E-state index in [1.165, 1.54) is 0 Å². The third-order valence-corrected chi connectivity index (χ3v) is 2.37. The van der Waals surface area contributed by atoms with Crippen molar-refractivity contribution >= 4 is 21.9 Å². The van der Waals surface area contributed by atoms with Crippen molar-refractivity contribution in [3.05, 3.63) is 23.0 Å². The Morgan fingerprint density at radius 1 is 1.69 bits per heavy atom. The molecule has 88 valence electrons. The smallest absolute Gasteiger partial charge is 0.341 e. The van der Waals surface area contributed by atoms with Crippen LogP contribution in [0.15, 0.2) is 6.07 Å². The summed E-state index contributed by atoms with van der Waals surface area (Å²) in [6, 6.07) is 0.817. The number of rotatable bonds is 3. The first kappa shape index (κ1) is 12.8. The maximum absolute atomic E-state index is 12.5. The number of pyridine rings is 1. The van der Waals surface area contributed by atoms with Gasteiger partial charge in [0.1, 0.15) is 11.3 Å². The van der Waals surface area contributed by atoms with E-state index >= 15 is 0 Å². The Labute approximate surface area is 98.4 Å². The van der Waals surface area contributed by atoms with Crippen LogP contribution in [0.25, 0.3) is 0 Å². The van der Waals surface area contributed by atoms with Crippen LogP contribution in [-0.4, -0.2) is 23.2 Å². The van der Waals surface area contributed by atoms with Gasteiger partial charge >= 0.3 is 5.97 Å². The monoisotopic (exact) mass is 295 g/mol. The molecule has 0 aliphatic heterocycles. The van der Waals surface area contributed by atoms with Gasteiger partial charge < -0.3 is 9.84 Å². The lowest BCUT2D eigenvalue weighted by Crippen LogP contribution is -2.06. The van der Waals surface area contributed by atoms with Crippen molar-refractivity contribution in [2.24, 2.45) is 0 Å². The second-order valence-corrected chi connectivity index (χ2v) is 3.38. The predicted octanol–water partition coefficient (Wildman–Crippen LogP) is 2.41. The molecule has 0 fully saturated rings. The summed E-state index contributed by atoms with van der Waals surface area (Å²) < 4.78 is 29.3. The molecule has 0 amide bonds. The van der Waals surface area contributed by atoms with Crippen LogP contribution in [0.1, 0.15) is 28.2 Å². The lowest BCUT2D eigenvalue weighted by Gasteiger charge is -2.08. The second-order valence-electron chi connectivity index (χ2n) is 2.82. The summed E-state index contributed by atoms with van der Waals surface area (Å²) >= 11 is 2.98. The van der Waals surface area contributed by atoms with Gasteiger partial charge in [-0.05, 0) is 6.07 Å². The highest BCUT2D eigenvalue weighted by Crippen LogP contribution is 2.28. The summed E-state index contributed by atoms with van der Waals surface area (Å²) in [6.07, 6.45) is -2.82. The molecule has 0 spiro atoms. The summed E-state index contributed by atoms with van der Waals surface area (Å²) in [6.45, 7) is 0. The molecular weight excluding hydrogens is 288 g/mol. The van der Waals surface area contributed by atoms with Crippen molar-refractivity contribution in [1.82, 2.24) is 4.98 Å². The number of hydrogen-bond donors (Lipinski definition) is 1. The van der Waals surface area contributed by atoms with Crippen LogP contribution < -0.4 is 0 Å². The number of aromatic hydroxyl groups is 1. The summed E-state index contributed by atoms with van der Waals surface area (Å²) in [5, 5.41) is 9.62. The van der Waals surface area contributed by atoms with E-state index in [1.807, 2.05) is 0 Å². The van der Waals surface area contributed by atoms with E-state index in [4.69, 9.17) is 0 Å². The number of ether oxygens (including phenoxy) is 1. The van der Waals surface area contributed by atoms with Crippen LogP contribution in [0.5, 0.6) is 5.75 Å². The van der Waals surface area contributed by atoms with E-state index in [-0.39, 0.29) is 16.6 Å². The Morgan fingerprint density at radius 2 is 2.31 bits per heavy atom. The summed E-state index contributed by atoms with van der Waals surface area (Å²) in [7, 11) is 1.10. The average molecular weight is 296 g/mol. The summed E-state index contributed by atoms with van der Waals surface area (Å²) in [4.78, 5) is 14.7. The molecule has 4 nitrogen and oxygen atoms in total. The molecule has 1 aromatic heterocycles. The van der Waals surface area contributed by atoms with Crippen LogP contribution in [0.2, 0.25) is 0 Å². The highest BCUT2D eigenvalue weighted by Gasteiger charge is 2.21. The van der Waals surface area contributed by atoms with Crippen LogP contribution in [0.3, 0.4) is 0 Å². The molecule has 16 heavy (non-hydrogen) atoms. The molecule has 0 atom stereocenters. The van der Waals surface area contributed by atoms with Crippen molar-refractivity contribution in [3.63, 3.8) is 0 Å². The summed E-state index contributed by atoms with van der Waals surface area (Å²) in [5.74, 6) is -1.34. The SMILES string of the molecule is COC(=O)c1cc(C(F)F)nc(CBr)c1O. The molecule has 0 aromatic carbocycles. The maximum Gasteiger partial charge on any atom is 0.341 e. The fourth-order valence-corrected chi connectivity index (χ4v) is 1.47. The number of hydrogen-bond acceptors (Lipinski definition) is 4. The van der Waals surface area contributed by atoms with Crippen molar-refractivity contribution in [2.45, 2.75) is 11.8 Å². The zero-order valence-electron chi connectivity index (χ0n) is 8.21. The quantitative estimate of drug-likeness (QED) is 0.687. The van der Waals surface area contributed by atoms with Gasteiger partial charge in [0, 0.05) is 5.33 Å². The molecule has 1 rings (SSSR count). The molecule has 0 radical (unpaired) electrons. The minimum Gasteiger partial charge on any atom is -0.505 e. The summed E-state index contributed by atoms with van der Waals surface area (Å²) in [5.41, 5.74) is -0.923. The highest BCUT2D eigenvalue weighted by molar-refractivity contribution is 9.08. The van der Waals surface area contributed by atoms with Gasteiger partial charge in [0.25, 0.3) is 6.43 Å². The van der Waals surface area contributed by atoms with Crippen LogP contribution in [-0.2, 0) is 10.1 Å². The zero-order valence-corrected chi connectivity index (χ0v) is 9.79. The van der Waals surface area contributed by atoms with Crippen LogP contribution in [0, 0.1) is 0 Å². The molecule has 7 heteroatoms.